The van der Waals surface area contributed by atoms with E-state index in [1.807, 2.05) is 10.3 Å². The van der Waals surface area contributed by atoms with Crippen LogP contribution in [0.15, 0.2) is 52.5 Å². The first-order valence-corrected chi connectivity index (χ1v) is 11.3. The molecule has 1 saturated heterocycles. The Morgan fingerprint density at radius 1 is 1.13 bits per heavy atom. The quantitative estimate of drug-likeness (QED) is 0.637. The molecule has 3 heterocycles. The van der Waals surface area contributed by atoms with Gasteiger partial charge in [-0.25, -0.2) is 4.98 Å². The zero-order chi connectivity index (χ0) is 21.6. The van der Waals surface area contributed by atoms with Gasteiger partial charge in [-0.15, -0.1) is 11.3 Å². The summed E-state index contributed by atoms with van der Waals surface area (Å²) in [5.74, 6) is -0.0434. The lowest BCUT2D eigenvalue weighted by atomic mass is 10.1. The van der Waals surface area contributed by atoms with Gasteiger partial charge in [-0.2, -0.15) is 0 Å². The van der Waals surface area contributed by atoms with E-state index in [0.29, 0.717) is 10.8 Å². The predicted molar refractivity (Wildman–Crippen MR) is 120 cm³/mol. The van der Waals surface area contributed by atoms with Gasteiger partial charge in [0.1, 0.15) is 0 Å². The molecule has 31 heavy (non-hydrogen) atoms. The highest BCUT2D eigenvalue weighted by Crippen LogP contribution is 2.18. The normalized spacial score (nSPS) is 14.9. The number of benzene rings is 1. The third-order valence-corrected chi connectivity index (χ3v) is 6.25. The molecule has 1 fully saturated rings. The maximum Gasteiger partial charge on any atom is 0.293 e. The van der Waals surface area contributed by atoms with Crippen molar-refractivity contribution in [3.63, 3.8) is 0 Å². The zero-order valence-corrected chi connectivity index (χ0v) is 18.4. The molecule has 0 unspecified atom stereocenters. The lowest BCUT2D eigenvalue weighted by Crippen LogP contribution is -2.36. The molecule has 1 aliphatic rings. The molecule has 7 nitrogen and oxygen atoms in total. The first-order valence-electron chi connectivity index (χ1n) is 10.4. The van der Waals surface area contributed by atoms with Gasteiger partial charge in [-0.1, -0.05) is 24.3 Å². The highest BCUT2D eigenvalue weighted by atomic mass is 32.1. The first-order chi connectivity index (χ1) is 15.1. The number of carbonyl (C=O) groups excluding carboxylic acids is 2. The second-order valence-corrected chi connectivity index (χ2v) is 8.55. The Hall–Kier alpha value is -2.97. The van der Waals surface area contributed by atoms with Crippen LogP contribution in [0.2, 0.25) is 0 Å². The molecule has 0 saturated carbocycles. The van der Waals surface area contributed by atoms with Crippen molar-refractivity contribution in [2.24, 2.45) is 0 Å². The Morgan fingerprint density at radius 2 is 2.00 bits per heavy atom. The van der Waals surface area contributed by atoms with Crippen LogP contribution in [0.4, 0.5) is 5.13 Å². The van der Waals surface area contributed by atoms with Crippen LogP contribution in [0.5, 0.6) is 0 Å². The second-order valence-electron chi connectivity index (χ2n) is 7.69. The molecule has 1 aliphatic heterocycles. The van der Waals surface area contributed by atoms with Gasteiger partial charge < -0.3 is 9.32 Å². The maximum atomic E-state index is 12.8. The highest BCUT2D eigenvalue weighted by molar-refractivity contribution is 7.14. The van der Waals surface area contributed by atoms with Gasteiger partial charge in [0.05, 0.1) is 18.4 Å². The largest absolute Gasteiger partial charge is 0.459 e. The molecular weight excluding hydrogens is 412 g/mol. The number of carbonyl (C=O) groups is 2. The number of nitrogens with zero attached hydrogens (tertiary/aromatic N) is 3. The van der Waals surface area contributed by atoms with E-state index in [0.717, 1.165) is 39.1 Å². The van der Waals surface area contributed by atoms with Crippen molar-refractivity contribution >= 4 is 28.3 Å². The van der Waals surface area contributed by atoms with Crippen molar-refractivity contribution in [3.8, 4) is 0 Å². The summed E-state index contributed by atoms with van der Waals surface area (Å²) < 4.78 is 5.08. The molecule has 1 N–H and O–H groups in total. The van der Waals surface area contributed by atoms with Gasteiger partial charge in [-0.05, 0) is 36.6 Å². The van der Waals surface area contributed by atoms with Gasteiger partial charge >= 0.3 is 0 Å². The fourth-order valence-electron chi connectivity index (χ4n) is 3.69. The molecule has 0 spiro atoms. The van der Waals surface area contributed by atoms with E-state index in [-0.39, 0.29) is 24.0 Å². The van der Waals surface area contributed by atoms with Crippen molar-refractivity contribution in [2.75, 3.05) is 31.5 Å². The molecule has 2 aromatic heterocycles. The Kier molecular flexibility index (Phi) is 6.79. The maximum absolute atomic E-state index is 12.8. The molecule has 0 bridgehead atoms. The number of nitrogens with one attached hydrogen (secondary N) is 1. The van der Waals surface area contributed by atoms with E-state index in [1.165, 1.54) is 28.7 Å². The average molecular weight is 439 g/mol. The molecule has 1 aromatic carbocycles. The van der Waals surface area contributed by atoms with Crippen molar-refractivity contribution in [3.05, 3.63) is 70.6 Å². The van der Waals surface area contributed by atoms with Crippen molar-refractivity contribution in [1.29, 1.82) is 0 Å². The van der Waals surface area contributed by atoms with E-state index < -0.39 is 0 Å². The fraction of sp³-hybridized carbons (Fsp3) is 0.348. The van der Waals surface area contributed by atoms with Crippen molar-refractivity contribution in [1.82, 2.24) is 14.8 Å². The summed E-state index contributed by atoms with van der Waals surface area (Å²) in [7, 11) is 0. The number of thiazole rings is 1. The summed E-state index contributed by atoms with van der Waals surface area (Å²) >= 11 is 1.31. The van der Waals surface area contributed by atoms with Crippen LogP contribution >= 0.6 is 11.3 Å². The molecule has 2 amide bonds. The summed E-state index contributed by atoms with van der Waals surface area (Å²) in [6, 6.07) is 11.7. The van der Waals surface area contributed by atoms with Crippen LogP contribution < -0.4 is 5.32 Å². The fourth-order valence-corrected chi connectivity index (χ4v) is 4.39. The third-order valence-electron chi connectivity index (χ3n) is 5.45. The average Bonchev–Trinajstić information content (AvgIpc) is 3.39. The smallest absolute Gasteiger partial charge is 0.293 e. The number of hydrogen-bond donors (Lipinski definition) is 1. The van der Waals surface area contributed by atoms with E-state index in [4.69, 9.17) is 4.42 Å². The Morgan fingerprint density at radius 3 is 2.81 bits per heavy atom. The van der Waals surface area contributed by atoms with Crippen LogP contribution in [0.1, 0.15) is 33.8 Å². The Bertz CT molecular complexity index is 1030. The minimum atomic E-state index is -0.349. The number of anilines is 1. The predicted octanol–water partition coefficient (Wildman–Crippen LogP) is 3.57. The topological polar surface area (TPSA) is 78.7 Å². The first kappa shape index (κ1) is 21.3. The minimum Gasteiger partial charge on any atom is -0.459 e. The number of amides is 2. The Labute approximate surface area is 185 Å². The molecular formula is C23H26N4O3S. The second kappa shape index (κ2) is 9.89. The van der Waals surface area contributed by atoms with Crippen molar-refractivity contribution in [2.45, 2.75) is 26.3 Å². The number of hydrogen-bond acceptors (Lipinski definition) is 6. The standard InChI is InChI=1S/C23H26N4O3S/c1-17-6-2-3-7-18(17)15-26-9-5-10-27(12-11-26)21(28)14-19-16-31-23(24-19)25-22(29)20-8-4-13-30-20/h2-4,6-8,13,16H,5,9-12,14-15H2,1H3,(H,24,25,29). The number of aromatic nitrogens is 1. The van der Waals surface area contributed by atoms with Crippen LogP contribution in [-0.2, 0) is 17.8 Å². The van der Waals surface area contributed by atoms with Gasteiger partial charge in [0.2, 0.25) is 5.91 Å². The van der Waals surface area contributed by atoms with E-state index in [2.05, 4.69) is 46.4 Å². The number of aryl methyl sites for hydroxylation is 1. The SMILES string of the molecule is Cc1ccccc1CN1CCCN(C(=O)Cc2csc(NC(=O)c3ccco3)n2)CC1. The van der Waals surface area contributed by atoms with Crippen LogP contribution in [0, 0.1) is 6.92 Å². The van der Waals surface area contributed by atoms with Gasteiger partial charge in [0.25, 0.3) is 5.91 Å². The van der Waals surface area contributed by atoms with Gasteiger partial charge in [-0.3, -0.25) is 19.8 Å². The zero-order valence-electron chi connectivity index (χ0n) is 17.5. The lowest BCUT2D eigenvalue weighted by Gasteiger charge is -2.22. The summed E-state index contributed by atoms with van der Waals surface area (Å²) in [5, 5.41) is 4.98. The van der Waals surface area contributed by atoms with Gasteiger partial charge in [0, 0.05) is 38.1 Å². The minimum absolute atomic E-state index is 0.0759. The summed E-state index contributed by atoms with van der Waals surface area (Å²) in [5.41, 5.74) is 3.32. The number of rotatable bonds is 6. The van der Waals surface area contributed by atoms with E-state index >= 15 is 0 Å². The molecule has 0 atom stereocenters. The van der Waals surface area contributed by atoms with E-state index in [1.54, 1.807) is 12.1 Å². The van der Waals surface area contributed by atoms with E-state index in [9.17, 15) is 9.59 Å². The lowest BCUT2D eigenvalue weighted by molar-refractivity contribution is -0.130. The van der Waals surface area contributed by atoms with Crippen LogP contribution in [-0.4, -0.2) is 52.8 Å². The van der Waals surface area contributed by atoms with Crippen LogP contribution in [0.25, 0.3) is 0 Å². The molecule has 0 aliphatic carbocycles. The Balaban J connectivity index is 1.28. The summed E-state index contributed by atoms with van der Waals surface area (Å²) in [6.07, 6.45) is 2.65. The van der Waals surface area contributed by atoms with Crippen LogP contribution in [0.3, 0.4) is 0 Å². The molecule has 162 valence electrons. The molecule has 4 rings (SSSR count). The van der Waals surface area contributed by atoms with Gasteiger partial charge in [0.15, 0.2) is 10.9 Å². The monoisotopic (exact) mass is 438 g/mol. The summed E-state index contributed by atoms with van der Waals surface area (Å²) in [4.78, 5) is 33.6. The molecule has 3 aromatic rings. The van der Waals surface area contributed by atoms with Crippen molar-refractivity contribution < 1.29 is 14.0 Å². The highest BCUT2D eigenvalue weighted by Gasteiger charge is 2.21. The third kappa shape index (κ3) is 5.59. The summed E-state index contributed by atoms with van der Waals surface area (Å²) in [6.45, 7) is 6.38. The number of furan rings is 1. The molecule has 0 radical (unpaired) electrons. The molecule has 8 heteroatoms.